The fourth-order valence-corrected chi connectivity index (χ4v) is 2.06. The van der Waals surface area contributed by atoms with Gasteiger partial charge in [-0.1, -0.05) is 0 Å². The van der Waals surface area contributed by atoms with E-state index >= 15 is 0 Å². The van der Waals surface area contributed by atoms with Crippen molar-refractivity contribution in [3.63, 3.8) is 0 Å². The Balaban J connectivity index is 1.87. The van der Waals surface area contributed by atoms with Crippen LogP contribution in [0.4, 0.5) is 16.2 Å². The predicted octanol–water partition coefficient (Wildman–Crippen LogP) is 1.49. The van der Waals surface area contributed by atoms with Crippen LogP contribution in [0.2, 0.25) is 0 Å². The molecule has 0 bridgehead atoms. The Morgan fingerprint density at radius 2 is 1.79 bits per heavy atom. The van der Waals surface area contributed by atoms with Gasteiger partial charge < -0.3 is 20.6 Å². The number of urea groups is 1. The van der Waals surface area contributed by atoms with Crippen LogP contribution in [0.1, 0.15) is 12.8 Å². The molecule has 0 saturated carbocycles. The third-order valence-electron chi connectivity index (χ3n) is 3.00. The summed E-state index contributed by atoms with van der Waals surface area (Å²) in [5.41, 5.74) is 1.79. The Hall–Kier alpha value is -2.24. The van der Waals surface area contributed by atoms with E-state index in [1.54, 1.807) is 0 Å². The molecule has 0 aromatic heterocycles. The molecule has 1 aromatic carbocycles. The van der Waals surface area contributed by atoms with Crippen LogP contribution in [0.15, 0.2) is 24.3 Å². The van der Waals surface area contributed by atoms with Gasteiger partial charge in [-0.25, -0.2) is 4.79 Å². The minimum absolute atomic E-state index is 0.391. The lowest BCUT2D eigenvalue weighted by Crippen LogP contribution is -2.33. The number of aliphatic carboxylic acids is 1. The lowest BCUT2D eigenvalue weighted by molar-refractivity contribution is -0.135. The van der Waals surface area contributed by atoms with Crippen LogP contribution >= 0.6 is 0 Å². The molecule has 1 aromatic rings. The smallest absolute Gasteiger partial charge is 0.323 e. The maximum atomic E-state index is 11.4. The Morgan fingerprint density at radius 1 is 1.16 bits per heavy atom. The molecule has 0 atom stereocenters. The number of nitrogens with zero attached hydrogens (tertiary/aromatic N) is 1. The van der Waals surface area contributed by atoms with E-state index in [-0.39, 0.29) is 0 Å². The van der Waals surface area contributed by atoms with E-state index in [9.17, 15) is 9.59 Å². The summed E-state index contributed by atoms with van der Waals surface area (Å²) in [5, 5.41) is 13.3. The Morgan fingerprint density at radius 3 is 2.37 bits per heavy atom. The molecule has 1 fully saturated rings. The normalized spacial score (nSPS) is 14.2. The van der Waals surface area contributed by atoms with Crippen molar-refractivity contribution < 1.29 is 14.7 Å². The number of hydrogen-bond donors (Lipinski definition) is 3. The maximum Gasteiger partial charge on any atom is 0.323 e. The van der Waals surface area contributed by atoms with Crippen molar-refractivity contribution >= 4 is 23.4 Å². The molecule has 2 rings (SSSR count). The summed E-state index contributed by atoms with van der Waals surface area (Å²) in [6, 6.07) is 7.02. The molecule has 19 heavy (non-hydrogen) atoms. The Labute approximate surface area is 111 Å². The molecule has 102 valence electrons. The second kappa shape index (κ2) is 6.08. The monoisotopic (exact) mass is 263 g/mol. The highest BCUT2D eigenvalue weighted by Gasteiger charge is 2.12. The summed E-state index contributed by atoms with van der Waals surface area (Å²) in [6.45, 7) is 1.76. The van der Waals surface area contributed by atoms with Gasteiger partial charge >= 0.3 is 12.0 Å². The SMILES string of the molecule is O=C(O)CNC(=O)Nc1ccc(N2CCCC2)cc1. The standard InChI is InChI=1S/C13H17N3O3/c17-12(18)9-14-13(19)15-10-3-5-11(6-4-10)16-7-1-2-8-16/h3-6H,1-2,7-9H2,(H,17,18)(H2,14,15,19). The second-order valence-electron chi connectivity index (χ2n) is 4.44. The number of carbonyl (C=O) groups excluding carboxylic acids is 1. The molecule has 6 heteroatoms. The zero-order valence-corrected chi connectivity index (χ0v) is 10.6. The average molecular weight is 263 g/mol. The van der Waals surface area contributed by atoms with Gasteiger partial charge in [-0.05, 0) is 37.1 Å². The van der Waals surface area contributed by atoms with Crippen molar-refractivity contribution in [3.05, 3.63) is 24.3 Å². The Bertz CT molecular complexity index is 453. The van der Waals surface area contributed by atoms with Gasteiger partial charge in [0.25, 0.3) is 0 Å². The predicted molar refractivity (Wildman–Crippen MR) is 72.5 cm³/mol. The minimum atomic E-state index is -1.07. The highest BCUT2D eigenvalue weighted by Crippen LogP contribution is 2.21. The number of benzene rings is 1. The van der Waals surface area contributed by atoms with Crippen LogP contribution in [-0.4, -0.2) is 36.7 Å². The second-order valence-corrected chi connectivity index (χ2v) is 4.44. The number of hydrogen-bond acceptors (Lipinski definition) is 3. The number of carboxylic acids is 1. The number of anilines is 2. The molecular weight excluding hydrogens is 246 g/mol. The molecule has 1 aliphatic heterocycles. The maximum absolute atomic E-state index is 11.4. The van der Waals surface area contributed by atoms with E-state index in [1.807, 2.05) is 24.3 Å². The summed E-state index contributed by atoms with van der Waals surface area (Å²) >= 11 is 0. The molecule has 0 aliphatic carbocycles. The first-order valence-electron chi connectivity index (χ1n) is 6.27. The lowest BCUT2D eigenvalue weighted by atomic mass is 10.2. The van der Waals surface area contributed by atoms with Gasteiger partial charge in [-0.2, -0.15) is 0 Å². The third kappa shape index (κ3) is 3.87. The molecular formula is C13H17N3O3. The van der Waals surface area contributed by atoms with Crippen LogP contribution in [0, 0.1) is 0 Å². The van der Waals surface area contributed by atoms with E-state index in [2.05, 4.69) is 15.5 Å². The molecule has 1 heterocycles. The highest BCUT2D eigenvalue weighted by atomic mass is 16.4. The topological polar surface area (TPSA) is 81.7 Å². The molecule has 2 amide bonds. The first-order valence-corrected chi connectivity index (χ1v) is 6.27. The molecule has 0 spiro atoms. The number of carboxylic acid groups (broad SMARTS) is 1. The molecule has 1 saturated heterocycles. The molecule has 0 unspecified atom stereocenters. The van der Waals surface area contributed by atoms with Gasteiger partial charge in [-0.3, -0.25) is 4.79 Å². The third-order valence-corrected chi connectivity index (χ3v) is 3.00. The summed E-state index contributed by atoms with van der Waals surface area (Å²) in [6.07, 6.45) is 2.44. The summed E-state index contributed by atoms with van der Waals surface area (Å²) in [5.74, 6) is -1.07. The van der Waals surface area contributed by atoms with Crippen molar-refractivity contribution in [2.24, 2.45) is 0 Å². The van der Waals surface area contributed by atoms with Crippen LogP contribution in [-0.2, 0) is 4.79 Å². The zero-order chi connectivity index (χ0) is 13.7. The van der Waals surface area contributed by atoms with Crippen LogP contribution in [0.25, 0.3) is 0 Å². The van der Waals surface area contributed by atoms with E-state index in [0.29, 0.717) is 5.69 Å². The quantitative estimate of drug-likeness (QED) is 0.768. The molecule has 0 radical (unpaired) electrons. The summed E-state index contributed by atoms with van der Waals surface area (Å²) in [7, 11) is 0. The first kappa shape index (κ1) is 13.2. The Kier molecular flexibility index (Phi) is 4.22. The van der Waals surface area contributed by atoms with Crippen molar-refractivity contribution in [3.8, 4) is 0 Å². The molecule has 3 N–H and O–H groups in total. The minimum Gasteiger partial charge on any atom is -0.480 e. The van der Waals surface area contributed by atoms with Crippen LogP contribution < -0.4 is 15.5 Å². The fourth-order valence-electron chi connectivity index (χ4n) is 2.06. The summed E-state index contributed by atoms with van der Waals surface area (Å²) in [4.78, 5) is 24.0. The number of nitrogens with one attached hydrogen (secondary N) is 2. The van der Waals surface area contributed by atoms with Crippen molar-refractivity contribution in [1.82, 2.24) is 5.32 Å². The van der Waals surface area contributed by atoms with Gasteiger partial charge in [-0.15, -0.1) is 0 Å². The largest absolute Gasteiger partial charge is 0.480 e. The average Bonchev–Trinajstić information content (AvgIpc) is 2.91. The fraction of sp³-hybridized carbons (Fsp3) is 0.385. The van der Waals surface area contributed by atoms with Crippen molar-refractivity contribution in [1.29, 1.82) is 0 Å². The lowest BCUT2D eigenvalue weighted by Gasteiger charge is -2.17. The zero-order valence-electron chi connectivity index (χ0n) is 10.6. The van der Waals surface area contributed by atoms with Gasteiger partial charge in [0.1, 0.15) is 6.54 Å². The molecule has 1 aliphatic rings. The van der Waals surface area contributed by atoms with E-state index in [0.717, 1.165) is 18.8 Å². The molecule has 6 nitrogen and oxygen atoms in total. The number of carbonyl (C=O) groups is 2. The van der Waals surface area contributed by atoms with E-state index in [1.165, 1.54) is 12.8 Å². The number of amides is 2. The van der Waals surface area contributed by atoms with Crippen molar-refractivity contribution in [2.45, 2.75) is 12.8 Å². The summed E-state index contributed by atoms with van der Waals surface area (Å²) < 4.78 is 0. The first-order chi connectivity index (χ1) is 9.15. The van der Waals surface area contributed by atoms with Gasteiger partial charge in [0.15, 0.2) is 0 Å². The van der Waals surface area contributed by atoms with Gasteiger partial charge in [0.2, 0.25) is 0 Å². The van der Waals surface area contributed by atoms with Crippen molar-refractivity contribution in [2.75, 3.05) is 29.9 Å². The van der Waals surface area contributed by atoms with Crippen LogP contribution in [0.5, 0.6) is 0 Å². The van der Waals surface area contributed by atoms with E-state index in [4.69, 9.17) is 5.11 Å². The van der Waals surface area contributed by atoms with Gasteiger partial charge in [0.05, 0.1) is 0 Å². The van der Waals surface area contributed by atoms with Gasteiger partial charge in [0, 0.05) is 24.5 Å². The highest BCUT2D eigenvalue weighted by molar-refractivity contribution is 5.91. The van der Waals surface area contributed by atoms with Crippen LogP contribution in [0.3, 0.4) is 0 Å². The number of rotatable bonds is 4. The van der Waals surface area contributed by atoms with E-state index < -0.39 is 18.5 Å².